The molecule has 0 atom stereocenters. The van der Waals surface area contributed by atoms with E-state index in [9.17, 15) is 4.79 Å². The molecule has 0 saturated heterocycles. The lowest BCUT2D eigenvalue weighted by Crippen LogP contribution is -2.07. The average Bonchev–Trinajstić information content (AvgIpc) is 2.17. The number of aliphatic hydroxyl groups excluding tert-OH is 1. The van der Waals surface area contributed by atoms with E-state index in [2.05, 4.69) is 9.47 Å². The van der Waals surface area contributed by atoms with E-state index < -0.39 is 12.9 Å². The summed E-state index contributed by atoms with van der Waals surface area (Å²) in [6.07, 6.45) is -0.869. The average molecular weight is 182 g/mol. The fourth-order valence-electron chi connectivity index (χ4n) is 0.811. The molecule has 0 saturated carbocycles. The molecule has 4 nitrogen and oxygen atoms in total. The van der Waals surface area contributed by atoms with E-state index in [1.807, 2.05) is 30.3 Å². The molecule has 1 rings (SSSR count). The summed E-state index contributed by atoms with van der Waals surface area (Å²) < 4.78 is 8.81. The highest BCUT2D eigenvalue weighted by Gasteiger charge is 2.01. The van der Waals surface area contributed by atoms with Crippen LogP contribution < -0.4 is 0 Å². The van der Waals surface area contributed by atoms with Gasteiger partial charge in [0, 0.05) is 0 Å². The zero-order chi connectivity index (χ0) is 9.52. The number of aliphatic hydroxyl groups is 1. The first-order chi connectivity index (χ1) is 6.33. The summed E-state index contributed by atoms with van der Waals surface area (Å²) in [5, 5.41) is 8.21. The van der Waals surface area contributed by atoms with Crippen LogP contribution in [0.2, 0.25) is 0 Å². The van der Waals surface area contributed by atoms with E-state index >= 15 is 0 Å². The fraction of sp³-hybridized carbons (Fsp3) is 0.222. The molecule has 0 radical (unpaired) electrons. The molecule has 0 heterocycles. The summed E-state index contributed by atoms with van der Waals surface area (Å²) in [7, 11) is 0. The minimum absolute atomic E-state index is 0.152. The van der Waals surface area contributed by atoms with Gasteiger partial charge in [0.1, 0.15) is 6.61 Å². The van der Waals surface area contributed by atoms with Gasteiger partial charge in [-0.05, 0) is 5.56 Å². The molecule has 0 fully saturated rings. The van der Waals surface area contributed by atoms with Gasteiger partial charge in [-0.15, -0.1) is 0 Å². The Morgan fingerprint density at radius 1 is 1.23 bits per heavy atom. The van der Waals surface area contributed by atoms with Crippen LogP contribution in [-0.4, -0.2) is 18.1 Å². The van der Waals surface area contributed by atoms with Crippen LogP contribution in [-0.2, 0) is 16.1 Å². The molecule has 1 aromatic carbocycles. The van der Waals surface area contributed by atoms with Crippen LogP contribution in [0.25, 0.3) is 0 Å². The highest BCUT2D eigenvalue weighted by atomic mass is 16.8. The normalized spacial score (nSPS) is 9.31. The fourth-order valence-corrected chi connectivity index (χ4v) is 0.811. The summed E-state index contributed by atoms with van der Waals surface area (Å²) >= 11 is 0. The number of carbonyl (C=O) groups excluding carboxylic acids is 1. The molecule has 0 unspecified atom stereocenters. The second-order valence-corrected chi connectivity index (χ2v) is 2.30. The van der Waals surface area contributed by atoms with Crippen LogP contribution in [0, 0.1) is 0 Å². The Hall–Kier alpha value is -1.55. The van der Waals surface area contributed by atoms with Gasteiger partial charge in [-0.3, -0.25) is 0 Å². The molecule has 0 aromatic heterocycles. The van der Waals surface area contributed by atoms with Crippen molar-refractivity contribution in [2.45, 2.75) is 6.61 Å². The third kappa shape index (κ3) is 3.57. The number of rotatable bonds is 3. The molecule has 70 valence electrons. The van der Waals surface area contributed by atoms with Gasteiger partial charge in [-0.1, -0.05) is 30.3 Å². The number of carbonyl (C=O) groups is 1. The molecule has 1 N–H and O–H groups in total. The van der Waals surface area contributed by atoms with Crippen molar-refractivity contribution in [1.29, 1.82) is 0 Å². The Morgan fingerprint density at radius 3 is 2.54 bits per heavy atom. The maximum Gasteiger partial charge on any atom is 0.510 e. The van der Waals surface area contributed by atoms with Gasteiger partial charge in [0.05, 0.1) is 0 Å². The van der Waals surface area contributed by atoms with Crippen molar-refractivity contribution < 1.29 is 19.4 Å². The second-order valence-electron chi connectivity index (χ2n) is 2.30. The molecular formula is C9H10O4. The predicted molar refractivity (Wildman–Crippen MR) is 44.8 cm³/mol. The summed E-state index contributed by atoms with van der Waals surface area (Å²) in [6, 6.07) is 9.21. The Bertz CT molecular complexity index is 258. The molecule has 0 aliphatic heterocycles. The van der Waals surface area contributed by atoms with Crippen molar-refractivity contribution in [3.8, 4) is 0 Å². The standard InChI is InChI=1S/C9H10O4/c10-7-13-9(11)12-6-8-4-2-1-3-5-8/h1-5,10H,6-7H2. The number of benzene rings is 1. The molecule has 1 aromatic rings. The third-order valence-electron chi connectivity index (χ3n) is 1.38. The van der Waals surface area contributed by atoms with Crippen LogP contribution in [0.5, 0.6) is 0 Å². The minimum Gasteiger partial charge on any atom is -0.429 e. The molecule has 13 heavy (non-hydrogen) atoms. The van der Waals surface area contributed by atoms with Gasteiger partial charge in [0.15, 0.2) is 6.79 Å². The second kappa shape index (κ2) is 5.16. The summed E-state index contributed by atoms with van der Waals surface area (Å²) in [5.74, 6) is 0. The molecule has 0 spiro atoms. The maximum absolute atomic E-state index is 10.6. The van der Waals surface area contributed by atoms with Crippen LogP contribution in [0.4, 0.5) is 4.79 Å². The van der Waals surface area contributed by atoms with Gasteiger partial charge in [0.2, 0.25) is 0 Å². The number of ether oxygens (including phenoxy) is 2. The lowest BCUT2D eigenvalue weighted by atomic mass is 10.2. The number of hydrogen-bond donors (Lipinski definition) is 1. The van der Waals surface area contributed by atoms with Crippen molar-refractivity contribution >= 4 is 6.16 Å². The Morgan fingerprint density at radius 2 is 1.92 bits per heavy atom. The topological polar surface area (TPSA) is 55.8 Å². The van der Waals surface area contributed by atoms with Gasteiger partial charge < -0.3 is 14.6 Å². The molecule has 4 heteroatoms. The largest absolute Gasteiger partial charge is 0.510 e. The van der Waals surface area contributed by atoms with Crippen LogP contribution in [0.3, 0.4) is 0 Å². The Balaban J connectivity index is 2.31. The predicted octanol–water partition coefficient (Wildman–Crippen LogP) is 1.29. The van der Waals surface area contributed by atoms with Crippen LogP contribution >= 0.6 is 0 Å². The summed E-state index contributed by atoms with van der Waals surface area (Å²) in [4.78, 5) is 10.6. The molecular weight excluding hydrogens is 172 g/mol. The van der Waals surface area contributed by atoms with Crippen molar-refractivity contribution in [3.63, 3.8) is 0 Å². The first kappa shape index (κ1) is 9.54. The van der Waals surface area contributed by atoms with Crippen molar-refractivity contribution in [2.75, 3.05) is 6.79 Å². The first-order valence-electron chi connectivity index (χ1n) is 3.77. The molecule has 0 bridgehead atoms. The van der Waals surface area contributed by atoms with E-state index in [-0.39, 0.29) is 6.61 Å². The van der Waals surface area contributed by atoms with Crippen LogP contribution in [0.15, 0.2) is 30.3 Å². The van der Waals surface area contributed by atoms with Gasteiger partial charge in [-0.25, -0.2) is 4.79 Å². The van der Waals surface area contributed by atoms with Gasteiger partial charge in [0.25, 0.3) is 0 Å². The SMILES string of the molecule is O=C(OCO)OCc1ccccc1. The lowest BCUT2D eigenvalue weighted by Gasteiger charge is -2.03. The molecule has 0 aliphatic rings. The Kier molecular flexibility index (Phi) is 3.78. The van der Waals surface area contributed by atoms with E-state index in [1.165, 1.54) is 0 Å². The van der Waals surface area contributed by atoms with Crippen molar-refractivity contribution in [1.82, 2.24) is 0 Å². The third-order valence-corrected chi connectivity index (χ3v) is 1.38. The van der Waals surface area contributed by atoms with E-state index in [0.29, 0.717) is 0 Å². The van der Waals surface area contributed by atoms with Crippen LogP contribution in [0.1, 0.15) is 5.56 Å². The van der Waals surface area contributed by atoms with E-state index in [0.717, 1.165) is 5.56 Å². The molecule has 0 aliphatic carbocycles. The quantitative estimate of drug-likeness (QED) is 0.565. The maximum atomic E-state index is 10.6. The number of hydrogen-bond acceptors (Lipinski definition) is 4. The Labute approximate surface area is 75.7 Å². The lowest BCUT2D eigenvalue weighted by molar-refractivity contribution is -0.00883. The van der Waals surface area contributed by atoms with Gasteiger partial charge in [-0.2, -0.15) is 0 Å². The smallest absolute Gasteiger partial charge is 0.429 e. The monoisotopic (exact) mass is 182 g/mol. The van der Waals surface area contributed by atoms with E-state index in [1.54, 1.807) is 0 Å². The van der Waals surface area contributed by atoms with Gasteiger partial charge >= 0.3 is 6.16 Å². The zero-order valence-corrected chi connectivity index (χ0v) is 6.97. The highest BCUT2D eigenvalue weighted by molar-refractivity contribution is 5.59. The zero-order valence-electron chi connectivity index (χ0n) is 6.97. The van der Waals surface area contributed by atoms with E-state index in [4.69, 9.17) is 5.11 Å². The molecule has 0 amide bonds. The first-order valence-corrected chi connectivity index (χ1v) is 3.77. The van der Waals surface area contributed by atoms with Crippen molar-refractivity contribution in [3.05, 3.63) is 35.9 Å². The highest BCUT2D eigenvalue weighted by Crippen LogP contribution is 2.00. The minimum atomic E-state index is -0.869. The summed E-state index contributed by atoms with van der Waals surface area (Å²) in [5.41, 5.74) is 0.873. The van der Waals surface area contributed by atoms with Crippen molar-refractivity contribution in [2.24, 2.45) is 0 Å². The summed E-state index contributed by atoms with van der Waals surface area (Å²) in [6.45, 7) is -0.507.